The van der Waals surface area contributed by atoms with E-state index in [1.165, 1.54) is 31.9 Å². The largest absolute Gasteiger partial charge is 0.306 e. The van der Waals surface area contributed by atoms with Gasteiger partial charge in [-0.2, -0.15) is 17.8 Å². The first-order valence-corrected chi connectivity index (χ1v) is 6.93. The molecule has 0 aliphatic carbocycles. The van der Waals surface area contributed by atoms with Crippen LogP contribution in [0.15, 0.2) is 6.07 Å². The molecule has 1 heterocycles. The number of nitrogens with zero attached hydrogens (tertiary/aromatic N) is 4. The van der Waals surface area contributed by atoms with E-state index >= 15 is 0 Å². The molecule has 1 amide bonds. The lowest BCUT2D eigenvalue weighted by Crippen LogP contribution is -2.44. The van der Waals surface area contributed by atoms with Crippen molar-refractivity contribution in [3.63, 3.8) is 0 Å². The van der Waals surface area contributed by atoms with Crippen molar-refractivity contribution in [2.75, 3.05) is 20.6 Å². The van der Waals surface area contributed by atoms with Crippen molar-refractivity contribution in [1.82, 2.24) is 18.4 Å². The second kappa shape index (κ2) is 5.25. The number of aromatic nitrogens is 2. The van der Waals surface area contributed by atoms with Crippen molar-refractivity contribution in [3.05, 3.63) is 16.9 Å². The van der Waals surface area contributed by atoms with Gasteiger partial charge in [-0.25, -0.2) is 4.31 Å². The molecule has 0 spiro atoms. The standard InChI is InChI=1S/C9H15ClN4O3S/c1-5-14(18(16,17)12(2)3)9(15)7-6-8(10)11-13(7)4/h6H,5H2,1-4H3. The molecule has 1 aromatic heterocycles. The minimum absolute atomic E-state index is 0.0299. The predicted molar refractivity (Wildman–Crippen MR) is 67.5 cm³/mol. The van der Waals surface area contributed by atoms with Crippen molar-refractivity contribution in [3.8, 4) is 0 Å². The van der Waals surface area contributed by atoms with Gasteiger partial charge in [0.25, 0.3) is 5.91 Å². The van der Waals surface area contributed by atoms with Gasteiger partial charge in [0.2, 0.25) is 0 Å². The molecule has 0 aromatic carbocycles. The van der Waals surface area contributed by atoms with Crippen LogP contribution in [-0.2, 0) is 17.3 Å². The fraction of sp³-hybridized carbons (Fsp3) is 0.556. The van der Waals surface area contributed by atoms with Crippen molar-refractivity contribution in [2.45, 2.75) is 6.92 Å². The van der Waals surface area contributed by atoms with Gasteiger partial charge in [-0.3, -0.25) is 9.48 Å². The van der Waals surface area contributed by atoms with E-state index in [1.807, 2.05) is 0 Å². The molecule has 9 heteroatoms. The first-order chi connectivity index (χ1) is 8.21. The summed E-state index contributed by atoms with van der Waals surface area (Å²) < 4.78 is 26.9. The molecule has 1 rings (SSSR count). The zero-order valence-electron chi connectivity index (χ0n) is 10.6. The zero-order chi connectivity index (χ0) is 14.1. The number of hydrogen-bond donors (Lipinski definition) is 0. The van der Waals surface area contributed by atoms with E-state index in [0.717, 1.165) is 8.61 Å². The average Bonchev–Trinajstić information content (AvgIpc) is 2.58. The molecule has 7 nitrogen and oxygen atoms in total. The van der Waals surface area contributed by atoms with E-state index in [2.05, 4.69) is 5.10 Å². The Morgan fingerprint density at radius 2 is 2.06 bits per heavy atom. The molecule has 0 aliphatic rings. The van der Waals surface area contributed by atoms with Crippen molar-refractivity contribution >= 4 is 27.7 Å². The third-order valence-corrected chi connectivity index (χ3v) is 4.41. The highest BCUT2D eigenvalue weighted by molar-refractivity contribution is 7.87. The highest BCUT2D eigenvalue weighted by atomic mass is 35.5. The summed E-state index contributed by atoms with van der Waals surface area (Å²) in [6.07, 6.45) is 0. The van der Waals surface area contributed by atoms with Gasteiger partial charge in [0.05, 0.1) is 0 Å². The van der Waals surface area contributed by atoms with E-state index in [1.54, 1.807) is 6.92 Å². The molecule has 0 aliphatic heterocycles. The highest BCUT2D eigenvalue weighted by Gasteiger charge is 2.30. The number of carbonyl (C=O) groups excluding carboxylic acids is 1. The SMILES string of the molecule is CCN(C(=O)c1cc(Cl)nn1C)S(=O)(=O)N(C)C. The van der Waals surface area contributed by atoms with E-state index in [9.17, 15) is 13.2 Å². The maximum absolute atomic E-state index is 12.2. The molecular formula is C9H15ClN4O3S. The smallest absolute Gasteiger partial charge is 0.266 e. The van der Waals surface area contributed by atoms with Gasteiger partial charge in [-0.05, 0) is 6.92 Å². The Bertz CT molecular complexity index is 552. The van der Waals surface area contributed by atoms with Crippen LogP contribution in [0.1, 0.15) is 17.4 Å². The molecule has 0 atom stereocenters. The molecular weight excluding hydrogens is 280 g/mol. The predicted octanol–water partition coefficient (Wildman–Crippen LogP) is 0.342. The number of hydrogen-bond acceptors (Lipinski definition) is 4. The van der Waals surface area contributed by atoms with Gasteiger partial charge in [-0.1, -0.05) is 11.6 Å². The van der Waals surface area contributed by atoms with E-state index in [4.69, 9.17) is 11.6 Å². The third kappa shape index (κ3) is 2.65. The summed E-state index contributed by atoms with van der Waals surface area (Å²) in [5, 5.41) is 3.94. The van der Waals surface area contributed by atoms with Crippen molar-refractivity contribution < 1.29 is 13.2 Å². The van der Waals surface area contributed by atoms with E-state index in [0.29, 0.717) is 0 Å². The summed E-state index contributed by atoms with van der Waals surface area (Å²) in [6.45, 7) is 1.61. The first-order valence-electron chi connectivity index (χ1n) is 5.15. The fourth-order valence-corrected chi connectivity index (χ4v) is 2.61. The van der Waals surface area contributed by atoms with Gasteiger partial charge >= 0.3 is 10.2 Å². The summed E-state index contributed by atoms with van der Waals surface area (Å²) in [6, 6.07) is 1.33. The molecule has 0 bridgehead atoms. The summed E-state index contributed by atoms with van der Waals surface area (Å²) in [4.78, 5) is 12.2. The molecule has 0 N–H and O–H groups in total. The minimum atomic E-state index is -3.81. The van der Waals surface area contributed by atoms with Crippen LogP contribution in [0.25, 0.3) is 0 Å². The highest BCUT2D eigenvalue weighted by Crippen LogP contribution is 2.14. The number of carbonyl (C=O) groups is 1. The molecule has 0 unspecified atom stereocenters. The molecule has 18 heavy (non-hydrogen) atoms. The summed E-state index contributed by atoms with van der Waals surface area (Å²) in [5.74, 6) is -0.659. The second-order valence-electron chi connectivity index (χ2n) is 3.74. The maximum Gasteiger partial charge on any atom is 0.306 e. The Kier molecular flexibility index (Phi) is 4.36. The van der Waals surface area contributed by atoms with E-state index in [-0.39, 0.29) is 17.4 Å². The van der Waals surface area contributed by atoms with Crippen LogP contribution in [0.3, 0.4) is 0 Å². The summed E-state index contributed by atoms with van der Waals surface area (Å²) in [7, 11) is 0.437. The lowest BCUT2D eigenvalue weighted by atomic mass is 10.4. The van der Waals surface area contributed by atoms with Gasteiger partial charge in [0.15, 0.2) is 5.15 Å². The van der Waals surface area contributed by atoms with Crippen LogP contribution in [0.5, 0.6) is 0 Å². The fourth-order valence-electron chi connectivity index (χ4n) is 1.37. The molecule has 0 radical (unpaired) electrons. The van der Waals surface area contributed by atoms with Crippen LogP contribution in [-0.4, -0.2) is 53.4 Å². The normalized spacial score (nSPS) is 11.9. The Morgan fingerprint density at radius 3 is 2.39 bits per heavy atom. The number of amides is 1. The number of rotatable bonds is 4. The third-order valence-electron chi connectivity index (χ3n) is 2.32. The van der Waals surface area contributed by atoms with E-state index < -0.39 is 16.1 Å². The Morgan fingerprint density at radius 1 is 1.50 bits per heavy atom. The maximum atomic E-state index is 12.2. The van der Waals surface area contributed by atoms with Crippen LogP contribution in [0, 0.1) is 0 Å². The van der Waals surface area contributed by atoms with Gasteiger partial charge in [-0.15, -0.1) is 0 Å². The minimum Gasteiger partial charge on any atom is -0.266 e. The lowest BCUT2D eigenvalue weighted by molar-refractivity contribution is 0.0850. The topological polar surface area (TPSA) is 75.5 Å². The van der Waals surface area contributed by atoms with Crippen molar-refractivity contribution in [1.29, 1.82) is 0 Å². The van der Waals surface area contributed by atoms with Gasteiger partial charge in [0.1, 0.15) is 5.69 Å². The molecule has 0 fully saturated rings. The van der Waals surface area contributed by atoms with Crippen LogP contribution < -0.4 is 0 Å². The Hall–Kier alpha value is -1.12. The lowest BCUT2D eigenvalue weighted by Gasteiger charge is -2.24. The number of aryl methyl sites for hydroxylation is 1. The van der Waals surface area contributed by atoms with Gasteiger partial charge in [0, 0.05) is 33.8 Å². The summed E-state index contributed by atoms with van der Waals surface area (Å²) in [5.41, 5.74) is 0.118. The molecule has 1 aromatic rings. The van der Waals surface area contributed by atoms with Crippen LogP contribution in [0.2, 0.25) is 5.15 Å². The monoisotopic (exact) mass is 294 g/mol. The molecule has 0 saturated carbocycles. The quantitative estimate of drug-likeness (QED) is 0.802. The zero-order valence-corrected chi connectivity index (χ0v) is 12.2. The molecule has 102 valence electrons. The summed E-state index contributed by atoms with van der Waals surface area (Å²) >= 11 is 5.67. The van der Waals surface area contributed by atoms with Gasteiger partial charge < -0.3 is 0 Å². The van der Waals surface area contributed by atoms with Crippen LogP contribution in [0.4, 0.5) is 0 Å². The van der Waals surface area contributed by atoms with Crippen molar-refractivity contribution in [2.24, 2.45) is 7.05 Å². The second-order valence-corrected chi connectivity index (χ2v) is 6.19. The van der Waals surface area contributed by atoms with Crippen LogP contribution >= 0.6 is 11.6 Å². The first kappa shape index (κ1) is 14.9. The Labute approximate surface area is 111 Å². The number of halogens is 1. The average molecular weight is 295 g/mol. The Balaban J connectivity index is 3.20. The molecule has 0 saturated heterocycles.